The lowest BCUT2D eigenvalue weighted by Gasteiger charge is -2.17. The van der Waals surface area contributed by atoms with Crippen LogP contribution in [0.1, 0.15) is 39.0 Å². The first-order chi connectivity index (χ1) is 8.70. The average Bonchev–Trinajstić information content (AvgIpc) is 2.30. The SMILES string of the molecule is CCCCCCC(OC(=O)C(F)(F)Br)C(F)=C(F)F. The van der Waals surface area contributed by atoms with Crippen molar-refractivity contribution in [2.75, 3.05) is 0 Å². The number of carbonyl (C=O) groups is 1. The van der Waals surface area contributed by atoms with Crippen molar-refractivity contribution < 1.29 is 31.5 Å². The van der Waals surface area contributed by atoms with Crippen molar-refractivity contribution in [1.29, 1.82) is 0 Å². The maximum Gasteiger partial charge on any atom is 0.396 e. The van der Waals surface area contributed by atoms with Gasteiger partial charge in [-0.25, -0.2) is 9.18 Å². The summed E-state index contributed by atoms with van der Waals surface area (Å²) in [5, 5.41) is 0. The van der Waals surface area contributed by atoms with Crippen molar-refractivity contribution >= 4 is 21.9 Å². The molecule has 0 aliphatic rings. The number of rotatable bonds is 8. The molecule has 1 atom stereocenters. The van der Waals surface area contributed by atoms with E-state index in [1.165, 1.54) is 0 Å². The zero-order valence-corrected chi connectivity index (χ0v) is 11.8. The van der Waals surface area contributed by atoms with Crippen molar-refractivity contribution in [1.82, 2.24) is 0 Å². The lowest BCUT2D eigenvalue weighted by molar-refractivity contribution is -0.164. The fraction of sp³-hybridized carbons (Fsp3) is 0.727. The van der Waals surface area contributed by atoms with Crippen LogP contribution in [-0.2, 0) is 9.53 Å². The van der Waals surface area contributed by atoms with Gasteiger partial charge in [-0.05, 0) is 12.8 Å². The van der Waals surface area contributed by atoms with Gasteiger partial charge in [-0.2, -0.15) is 17.6 Å². The highest BCUT2D eigenvalue weighted by Crippen LogP contribution is 2.28. The minimum absolute atomic E-state index is 0.266. The predicted molar refractivity (Wildman–Crippen MR) is 62.9 cm³/mol. The summed E-state index contributed by atoms with van der Waals surface area (Å²) in [6.07, 6.45) is -2.36. The van der Waals surface area contributed by atoms with Gasteiger partial charge in [-0.1, -0.05) is 26.2 Å². The first-order valence-corrected chi connectivity index (χ1v) is 6.47. The number of alkyl halides is 3. The first kappa shape index (κ1) is 18.3. The molecule has 0 fully saturated rings. The van der Waals surface area contributed by atoms with Crippen LogP contribution in [0.2, 0.25) is 0 Å². The molecule has 112 valence electrons. The molecule has 0 aliphatic carbocycles. The third kappa shape index (κ3) is 7.49. The molecule has 0 spiro atoms. The molecule has 0 aromatic heterocycles. The molecule has 19 heavy (non-hydrogen) atoms. The topological polar surface area (TPSA) is 26.3 Å². The Labute approximate surface area is 116 Å². The number of halogens is 6. The molecule has 1 unspecified atom stereocenters. The smallest absolute Gasteiger partial charge is 0.396 e. The number of ether oxygens (including phenoxy) is 1. The number of esters is 1. The number of unbranched alkanes of at least 4 members (excludes halogenated alkanes) is 3. The largest absolute Gasteiger partial charge is 0.450 e. The molecule has 0 N–H and O–H groups in total. The monoisotopic (exact) mass is 352 g/mol. The minimum Gasteiger partial charge on any atom is -0.450 e. The molecule has 0 aromatic carbocycles. The molecule has 2 nitrogen and oxygen atoms in total. The minimum atomic E-state index is -4.03. The van der Waals surface area contributed by atoms with E-state index < -0.39 is 28.8 Å². The highest BCUT2D eigenvalue weighted by molar-refractivity contribution is 9.10. The average molecular weight is 353 g/mol. The van der Waals surface area contributed by atoms with E-state index in [1.54, 1.807) is 15.9 Å². The summed E-state index contributed by atoms with van der Waals surface area (Å²) < 4.78 is 66.3. The molecule has 8 heteroatoms. The Bertz CT molecular complexity index is 324. The number of hydrogen-bond acceptors (Lipinski definition) is 2. The van der Waals surface area contributed by atoms with Gasteiger partial charge in [0.25, 0.3) is 0 Å². The van der Waals surface area contributed by atoms with Crippen molar-refractivity contribution in [3.05, 3.63) is 11.9 Å². The van der Waals surface area contributed by atoms with Gasteiger partial charge in [0.1, 0.15) is 0 Å². The summed E-state index contributed by atoms with van der Waals surface area (Å²) in [5.74, 6) is -4.08. The van der Waals surface area contributed by atoms with E-state index in [4.69, 9.17) is 0 Å². The normalized spacial score (nSPS) is 13.0. The maximum absolute atomic E-state index is 13.0. The fourth-order valence-electron chi connectivity index (χ4n) is 1.31. The second kappa shape index (κ2) is 8.50. The second-order valence-electron chi connectivity index (χ2n) is 3.85. The molecule has 0 saturated heterocycles. The summed E-state index contributed by atoms with van der Waals surface area (Å²) in [4.78, 5) is 6.81. The van der Waals surface area contributed by atoms with E-state index >= 15 is 0 Å². The van der Waals surface area contributed by atoms with Gasteiger partial charge in [0.05, 0.1) is 0 Å². The molecule has 0 saturated carbocycles. The second-order valence-corrected chi connectivity index (χ2v) is 4.85. The van der Waals surface area contributed by atoms with E-state index in [0.29, 0.717) is 12.8 Å². The molecule has 0 bridgehead atoms. The van der Waals surface area contributed by atoms with Gasteiger partial charge in [0, 0.05) is 15.9 Å². The van der Waals surface area contributed by atoms with Crippen molar-refractivity contribution in [2.24, 2.45) is 0 Å². The Morgan fingerprint density at radius 2 is 1.79 bits per heavy atom. The van der Waals surface area contributed by atoms with E-state index in [-0.39, 0.29) is 6.42 Å². The fourth-order valence-corrected chi connectivity index (χ4v) is 1.41. The Balaban J connectivity index is 4.61. The van der Waals surface area contributed by atoms with Crippen LogP contribution in [0.25, 0.3) is 0 Å². The highest BCUT2D eigenvalue weighted by atomic mass is 79.9. The lowest BCUT2D eigenvalue weighted by atomic mass is 10.1. The van der Waals surface area contributed by atoms with Crippen LogP contribution >= 0.6 is 15.9 Å². The molecular weight excluding hydrogens is 339 g/mol. The van der Waals surface area contributed by atoms with Gasteiger partial charge < -0.3 is 4.74 Å². The Morgan fingerprint density at radius 3 is 2.21 bits per heavy atom. The van der Waals surface area contributed by atoms with Crippen LogP contribution in [0.15, 0.2) is 11.9 Å². The molecule has 0 amide bonds. The zero-order chi connectivity index (χ0) is 15.1. The van der Waals surface area contributed by atoms with Crippen LogP contribution < -0.4 is 0 Å². The summed E-state index contributed by atoms with van der Waals surface area (Å²) in [7, 11) is 0. The van der Waals surface area contributed by atoms with Gasteiger partial charge in [-0.15, -0.1) is 0 Å². The molecule has 0 rings (SSSR count). The van der Waals surface area contributed by atoms with E-state index in [0.717, 1.165) is 12.8 Å². The van der Waals surface area contributed by atoms with Crippen molar-refractivity contribution in [2.45, 2.75) is 50.0 Å². The van der Waals surface area contributed by atoms with Crippen LogP contribution in [0.4, 0.5) is 22.0 Å². The number of hydrogen-bond donors (Lipinski definition) is 0. The predicted octanol–water partition coefficient (Wildman–Crippen LogP) is 4.93. The molecule has 0 aromatic rings. The Hall–Kier alpha value is -0.660. The Morgan fingerprint density at radius 1 is 1.21 bits per heavy atom. The lowest BCUT2D eigenvalue weighted by Crippen LogP contribution is -2.29. The summed E-state index contributed by atoms with van der Waals surface area (Å²) in [6, 6.07) is 0. The quantitative estimate of drug-likeness (QED) is 0.268. The van der Waals surface area contributed by atoms with Crippen molar-refractivity contribution in [3.8, 4) is 0 Å². The molecule has 0 heterocycles. The summed E-state index contributed by atoms with van der Waals surface area (Å²) in [6.45, 7) is 1.91. The molecular formula is C11H14BrF5O2. The van der Waals surface area contributed by atoms with Crippen LogP contribution in [-0.4, -0.2) is 16.9 Å². The summed E-state index contributed by atoms with van der Waals surface area (Å²) >= 11 is 1.72. The van der Waals surface area contributed by atoms with Crippen LogP contribution in [0.5, 0.6) is 0 Å². The number of carbonyl (C=O) groups excluding carboxylic acids is 1. The van der Waals surface area contributed by atoms with Gasteiger partial charge in [0.2, 0.25) is 5.83 Å². The van der Waals surface area contributed by atoms with E-state index in [9.17, 15) is 26.7 Å². The van der Waals surface area contributed by atoms with Crippen LogP contribution in [0, 0.1) is 0 Å². The summed E-state index contributed by atoms with van der Waals surface area (Å²) in [5.41, 5.74) is 0. The maximum atomic E-state index is 13.0. The van der Waals surface area contributed by atoms with Crippen LogP contribution in [0.3, 0.4) is 0 Å². The van der Waals surface area contributed by atoms with Crippen molar-refractivity contribution in [3.63, 3.8) is 0 Å². The molecule has 0 aliphatic heterocycles. The Kier molecular flexibility index (Phi) is 8.20. The van der Waals surface area contributed by atoms with Gasteiger partial charge in [-0.3, -0.25) is 0 Å². The third-order valence-electron chi connectivity index (χ3n) is 2.26. The standard InChI is InChI=1S/C11H14BrF5O2/c1-2-3-4-5-6-7(8(13)9(14)15)19-10(18)11(12,16)17/h7H,2-6H2,1H3. The zero-order valence-electron chi connectivity index (χ0n) is 10.2. The molecule has 0 radical (unpaired) electrons. The van der Waals surface area contributed by atoms with Gasteiger partial charge >= 0.3 is 16.9 Å². The van der Waals surface area contributed by atoms with E-state index in [2.05, 4.69) is 4.74 Å². The third-order valence-corrected chi connectivity index (χ3v) is 2.59. The van der Waals surface area contributed by atoms with Gasteiger partial charge in [0.15, 0.2) is 6.10 Å². The highest BCUT2D eigenvalue weighted by Gasteiger charge is 2.39. The first-order valence-electron chi connectivity index (χ1n) is 5.68. The van der Waals surface area contributed by atoms with E-state index in [1.807, 2.05) is 6.92 Å².